The second-order valence-corrected chi connectivity index (χ2v) is 10.7. The molecule has 3 rings (SSSR count). The Morgan fingerprint density at radius 2 is 1.07 bits per heavy atom. The first-order valence-electron chi connectivity index (χ1n) is 15.3. The van der Waals surface area contributed by atoms with Gasteiger partial charge in [0.1, 0.15) is 23.0 Å². The number of nitrogens with zero attached hydrogens (tertiary/aromatic N) is 3. The van der Waals surface area contributed by atoms with E-state index in [1.54, 1.807) is 12.1 Å². The van der Waals surface area contributed by atoms with E-state index >= 15 is 0 Å². The average Bonchev–Trinajstić information content (AvgIpc) is 2.96. The molecule has 0 saturated heterocycles. The van der Waals surface area contributed by atoms with Gasteiger partial charge in [-0.3, -0.25) is 0 Å². The van der Waals surface area contributed by atoms with E-state index in [1.807, 2.05) is 24.3 Å². The summed E-state index contributed by atoms with van der Waals surface area (Å²) in [7, 11) is 0. The van der Waals surface area contributed by atoms with E-state index < -0.39 is 0 Å². The highest BCUT2D eigenvalue weighted by molar-refractivity contribution is 6.28. The molecule has 224 valence electrons. The Hall–Kier alpha value is -3.06. The van der Waals surface area contributed by atoms with Crippen LogP contribution in [0.3, 0.4) is 0 Å². The predicted octanol–water partition coefficient (Wildman–Crippen LogP) is 9.44. The SMILES string of the molecule is CCCCCCOc1ccc(-c2nc(Cl)nc(-c3ccc(OCCCCCC)cc3OCCCCCC)n2)c(O)c1. The lowest BCUT2D eigenvalue weighted by Crippen LogP contribution is -2.03. The molecule has 41 heavy (non-hydrogen) atoms. The van der Waals surface area contributed by atoms with Crippen molar-refractivity contribution in [2.45, 2.75) is 97.8 Å². The van der Waals surface area contributed by atoms with Crippen LogP contribution < -0.4 is 14.2 Å². The van der Waals surface area contributed by atoms with Crippen LogP contribution in [0.5, 0.6) is 23.0 Å². The second kappa shape index (κ2) is 18.4. The zero-order valence-corrected chi connectivity index (χ0v) is 25.7. The quantitative estimate of drug-likeness (QED) is 0.132. The third-order valence-electron chi connectivity index (χ3n) is 6.80. The summed E-state index contributed by atoms with van der Waals surface area (Å²) in [5.41, 5.74) is 1.14. The Labute approximate surface area is 250 Å². The molecule has 0 spiro atoms. The molecule has 0 atom stereocenters. The van der Waals surface area contributed by atoms with Gasteiger partial charge in [-0.1, -0.05) is 78.6 Å². The van der Waals surface area contributed by atoms with Gasteiger partial charge in [-0.15, -0.1) is 0 Å². The molecule has 7 nitrogen and oxygen atoms in total. The number of ether oxygens (including phenoxy) is 3. The van der Waals surface area contributed by atoms with Gasteiger partial charge in [0.25, 0.3) is 0 Å². The first-order valence-corrected chi connectivity index (χ1v) is 15.7. The molecule has 8 heteroatoms. The average molecular weight is 584 g/mol. The molecular formula is C33H46ClN3O4. The van der Waals surface area contributed by atoms with E-state index in [0.717, 1.165) is 50.7 Å². The molecule has 0 radical (unpaired) electrons. The van der Waals surface area contributed by atoms with E-state index in [9.17, 15) is 5.11 Å². The van der Waals surface area contributed by atoms with Crippen molar-refractivity contribution in [1.29, 1.82) is 0 Å². The number of hydrogen-bond acceptors (Lipinski definition) is 7. The summed E-state index contributed by atoms with van der Waals surface area (Å²) in [4.78, 5) is 13.4. The largest absolute Gasteiger partial charge is 0.507 e. The normalized spacial score (nSPS) is 11.0. The smallest absolute Gasteiger partial charge is 0.226 e. The van der Waals surface area contributed by atoms with Crippen LogP contribution in [-0.2, 0) is 0 Å². The molecule has 0 bridgehead atoms. The van der Waals surface area contributed by atoms with Gasteiger partial charge in [0.2, 0.25) is 5.28 Å². The monoisotopic (exact) mass is 583 g/mol. The number of halogens is 1. The molecule has 0 aliphatic rings. The number of benzene rings is 2. The number of aromatic hydroxyl groups is 1. The van der Waals surface area contributed by atoms with E-state index in [1.165, 1.54) is 32.1 Å². The van der Waals surface area contributed by atoms with Crippen LogP contribution in [0.2, 0.25) is 5.28 Å². The topological polar surface area (TPSA) is 86.6 Å². The first kappa shape index (κ1) is 32.5. The minimum atomic E-state index is 0.0171. The summed E-state index contributed by atoms with van der Waals surface area (Å²) < 4.78 is 18.0. The van der Waals surface area contributed by atoms with E-state index in [4.69, 9.17) is 25.8 Å². The molecule has 0 saturated carbocycles. The van der Waals surface area contributed by atoms with Crippen LogP contribution in [-0.4, -0.2) is 39.9 Å². The van der Waals surface area contributed by atoms with Crippen molar-refractivity contribution in [2.75, 3.05) is 19.8 Å². The summed E-state index contributed by atoms with van der Waals surface area (Å²) in [6.07, 6.45) is 13.5. The number of phenolic OH excluding ortho intramolecular Hbond substituents is 1. The Kier molecular flexibility index (Phi) is 14.6. The van der Waals surface area contributed by atoms with E-state index in [2.05, 4.69) is 35.7 Å². The van der Waals surface area contributed by atoms with Crippen LogP contribution >= 0.6 is 11.6 Å². The van der Waals surface area contributed by atoms with Crippen LogP contribution in [0.15, 0.2) is 36.4 Å². The van der Waals surface area contributed by atoms with Gasteiger partial charge in [0.15, 0.2) is 11.6 Å². The second-order valence-electron chi connectivity index (χ2n) is 10.3. The highest BCUT2D eigenvalue weighted by atomic mass is 35.5. The molecule has 0 fully saturated rings. The molecule has 1 aromatic heterocycles. The lowest BCUT2D eigenvalue weighted by atomic mass is 10.1. The molecule has 0 unspecified atom stereocenters. The maximum atomic E-state index is 10.8. The van der Waals surface area contributed by atoms with Crippen molar-refractivity contribution >= 4 is 11.6 Å². The number of unbranched alkanes of at least 4 members (excludes halogenated alkanes) is 9. The first-order chi connectivity index (χ1) is 20.0. The fourth-order valence-corrected chi connectivity index (χ4v) is 4.59. The highest BCUT2D eigenvalue weighted by Crippen LogP contribution is 2.35. The van der Waals surface area contributed by atoms with Gasteiger partial charge < -0.3 is 19.3 Å². The van der Waals surface area contributed by atoms with Crippen molar-refractivity contribution in [3.63, 3.8) is 0 Å². The van der Waals surface area contributed by atoms with E-state index in [0.29, 0.717) is 48.3 Å². The lowest BCUT2D eigenvalue weighted by Gasteiger charge is -2.14. The van der Waals surface area contributed by atoms with Crippen molar-refractivity contribution in [3.05, 3.63) is 41.7 Å². The fraction of sp³-hybridized carbons (Fsp3) is 0.545. The molecule has 0 amide bonds. The summed E-state index contributed by atoms with van der Waals surface area (Å²) in [6, 6.07) is 10.8. The maximum Gasteiger partial charge on any atom is 0.226 e. The number of hydrogen-bond donors (Lipinski definition) is 1. The van der Waals surface area contributed by atoms with Gasteiger partial charge in [-0.2, -0.15) is 9.97 Å². The van der Waals surface area contributed by atoms with Gasteiger partial charge in [-0.05, 0) is 55.1 Å². The Balaban J connectivity index is 1.81. The number of aromatic nitrogens is 3. The van der Waals surface area contributed by atoms with Gasteiger partial charge in [0.05, 0.1) is 30.9 Å². The summed E-state index contributed by atoms with van der Waals surface area (Å²) in [6.45, 7) is 8.42. The van der Waals surface area contributed by atoms with Crippen molar-refractivity contribution in [2.24, 2.45) is 0 Å². The van der Waals surface area contributed by atoms with Gasteiger partial charge >= 0.3 is 0 Å². The molecule has 1 heterocycles. The van der Waals surface area contributed by atoms with Gasteiger partial charge in [-0.25, -0.2) is 4.98 Å². The summed E-state index contributed by atoms with van der Waals surface area (Å²) in [5.74, 6) is 2.65. The minimum Gasteiger partial charge on any atom is -0.507 e. The molecule has 1 N–H and O–H groups in total. The fourth-order valence-electron chi connectivity index (χ4n) is 4.43. The predicted molar refractivity (Wildman–Crippen MR) is 166 cm³/mol. The highest BCUT2D eigenvalue weighted by Gasteiger charge is 2.17. The summed E-state index contributed by atoms with van der Waals surface area (Å²) in [5, 5.41) is 10.8. The van der Waals surface area contributed by atoms with E-state index in [-0.39, 0.29) is 16.9 Å². The molecule has 3 aromatic rings. The van der Waals surface area contributed by atoms with Gasteiger partial charge in [0, 0.05) is 12.1 Å². The number of phenols is 1. The standard InChI is InChI=1S/C33H46ClN3O4/c1-4-7-10-13-20-39-25-16-18-27(29(38)23-25)31-35-32(37-33(34)36-31)28-19-17-26(40-21-14-11-8-5-2)24-30(28)41-22-15-12-9-6-3/h16-19,23-24,38H,4-15,20-22H2,1-3H3. The minimum absolute atomic E-state index is 0.0171. The van der Waals surface area contributed by atoms with Crippen LogP contribution in [0.4, 0.5) is 0 Å². The Morgan fingerprint density at radius 3 is 1.61 bits per heavy atom. The van der Waals surface area contributed by atoms with Crippen LogP contribution in [0.25, 0.3) is 22.8 Å². The molecular weight excluding hydrogens is 538 g/mol. The summed E-state index contributed by atoms with van der Waals surface area (Å²) >= 11 is 6.36. The molecule has 0 aliphatic heterocycles. The van der Waals surface area contributed by atoms with Crippen molar-refractivity contribution in [3.8, 4) is 45.8 Å². The zero-order valence-electron chi connectivity index (χ0n) is 25.0. The molecule has 0 aliphatic carbocycles. The zero-order chi connectivity index (χ0) is 29.3. The number of rotatable bonds is 20. The van der Waals surface area contributed by atoms with Crippen LogP contribution in [0, 0.1) is 0 Å². The van der Waals surface area contributed by atoms with Crippen molar-refractivity contribution < 1.29 is 19.3 Å². The Bertz CT molecular complexity index is 1190. The van der Waals surface area contributed by atoms with Crippen LogP contribution in [0.1, 0.15) is 97.8 Å². The third kappa shape index (κ3) is 11.0. The maximum absolute atomic E-state index is 10.8. The third-order valence-corrected chi connectivity index (χ3v) is 6.97. The molecule has 2 aromatic carbocycles. The Morgan fingerprint density at radius 1 is 0.585 bits per heavy atom. The van der Waals surface area contributed by atoms with Crippen molar-refractivity contribution in [1.82, 2.24) is 15.0 Å². The lowest BCUT2D eigenvalue weighted by molar-refractivity contribution is 0.291.